The Kier molecular flexibility index (Phi) is 8.59. The summed E-state index contributed by atoms with van der Waals surface area (Å²) >= 11 is 0. The average molecular weight is 383 g/mol. The molecule has 0 atom stereocenters. The predicted octanol–water partition coefficient (Wildman–Crippen LogP) is 8.00. The maximum absolute atomic E-state index is 6.32. The minimum absolute atomic E-state index is 0.110. The van der Waals surface area contributed by atoms with Gasteiger partial charge in [0.25, 0.3) is 0 Å². The highest BCUT2D eigenvalue weighted by atomic mass is 31.1. The Morgan fingerprint density at radius 3 is 1.76 bits per heavy atom. The summed E-state index contributed by atoms with van der Waals surface area (Å²) < 4.78 is 6.32. The lowest BCUT2D eigenvalue weighted by molar-refractivity contribution is 0.333. The zero-order valence-electron chi connectivity index (χ0n) is 18.2. The molecule has 1 aromatic rings. The van der Waals surface area contributed by atoms with Crippen LogP contribution in [0.3, 0.4) is 0 Å². The highest BCUT2D eigenvalue weighted by Crippen LogP contribution is 2.61. The normalized spacial score (nSPS) is 13.5. The molecule has 0 saturated heterocycles. The topological polar surface area (TPSA) is 9.23 Å². The Hall–Kier alpha value is 0.0400. The fourth-order valence-electron chi connectivity index (χ4n) is 3.52. The Labute approximate surface area is 159 Å². The van der Waals surface area contributed by atoms with Crippen LogP contribution < -0.4 is 0 Å². The van der Waals surface area contributed by atoms with Crippen molar-refractivity contribution in [1.82, 2.24) is 0 Å². The molecule has 0 radical (unpaired) electrons. The van der Waals surface area contributed by atoms with E-state index in [1.165, 1.54) is 17.3 Å². The van der Waals surface area contributed by atoms with E-state index in [2.05, 4.69) is 93.5 Å². The van der Waals surface area contributed by atoms with Crippen molar-refractivity contribution in [2.45, 2.75) is 104 Å². The first-order chi connectivity index (χ1) is 11.3. The lowest BCUT2D eigenvalue weighted by Gasteiger charge is -2.41. The van der Waals surface area contributed by atoms with Gasteiger partial charge in [-0.1, -0.05) is 101 Å². The summed E-state index contributed by atoms with van der Waals surface area (Å²) in [6, 6.07) is 9.10. The minimum Gasteiger partial charge on any atom is -0.354 e. The molecule has 144 valence electrons. The lowest BCUT2D eigenvalue weighted by atomic mass is 10.1. The third-order valence-electron chi connectivity index (χ3n) is 4.35. The minimum atomic E-state index is -0.362. The third kappa shape index (κ3) is 7.66. The van der Waals surface area contributed by atoms with Crippen molar-refractivity contribution in [1.29, 1.82) is 0 Å². The zero-order valence-corrected chi connectivity index (χ0v) is 20.0. The highest BCUT2D eigenvalue weighted by Gasteiger charge is 2.34. The van der Waals surface area contributed by atoms with Gasteiger partial charge in [0.15, 0.2) is 0 Å². The number of rotatable bonds is 7. The van der Waals surface area contributed by atoms with E-state index >= 15 is 0 Å². The van der Waals surface area contributed by atoms with Crippen LogP contribution in [0.2, 0.25) is 0 Å². The number of hydrogen-bond donors (Lipinski definition) is 0. The quantitative estimate of drug-likeness (QED) is 0.434. The Balaban J connectivity index is 2.87. The summed E-state index contributed by atoms with van der Waals surface area (Å²) in [6.45, 7) is 24.3. The van der Waals surface area contributed by atoms with E-state index in [-0.39, 0.29) is 16.1 Å². The van der Waals surface area contributed by atoms with Gasteiger partial charge in [0.2, 0.25) is 0 Å². The molecule has 0 fully saturated rings. The van der Waals surface area contributed by atoms with Gasteiger partial charge >= 0.3 is 0 Å². The first-order valence-corrected chi connectivity index (χ1v) is 12.5. The fourth-order valence-corrected chi connectivity index (χ4v) is 9.13. The van der Waals surface area contributed by atoms with Gasteiger partial charge in [-0.15, -0.1) is 0 Å². The molecule has 0 bridgehead atoms. The van der Waals surface area contributed by atoms with E-state index < -0.39 is 0 Å². The van der Waals surface area contributed by atoms with Gasteiger partial charge in [-0.3, -0.25) is 0 Å². The van der Waals surface area contributed by atoms with Gasteiger partial charge in [-0.2, -0.15) is 0 Å². The molecule has 0 N–H and O–H groups in total. The van der Waals surface area contributed by atoms with Crippen LogP contribution in [-0.4, -0.2) is 21.6 Å². The number of hydrogen-bond acceptors (Lipinski definition) is 1. The largest absolute Gasteiger partial charge is 0.354 e. The van der Waals surface area contributed by atoms with Gasteiger partial charge in [-0.25, -0.2) is 0 Å². The van der Waals surface area contributed by atoms with Gasteiger partial charge in [0.05, 0.1) is 6.61 Å². The van der Waals surface area contributed by atoms with E-state index in [4.69, 9.17) is 4.52 Å². The summed E-state index contributed by atoms with van der Waals surface area (Å²) in [7, 11) is -0.472. The maximum atomic E-state index is 6.32. The molecule has 0 heterocycles. The van der Waals surface area contributed by atoms with Crippen molar-refractivity contribution < 1.29 is 4.52 Å². The summed E-state index contributed by atoms with van der Waals surface area (Å²) in [6.07, 6.45) is 1.19. The SMILES string of the molecule is CC(C)P(OCc1cccc(CP(C(C)(C)C)C(C)(C)C)c1)C(C)C. The Bertz CT molecular complexity index is 502. The molecule has 0 spiro atoms. The molecule has 0 aliphatic carbocycles. The molecule has 0 amide bonds. The lowest BCUT2D eigenvalue weighted by Crippen LogP contribution is -2.25. The molecule has 0 aliphatic heterocycles. The van der Waals surface area contributed by atoms with Gasteiger partial charge in [0.1, 0.15) is 0 Å². The second-order valence-electron chi connectivity index (χ2n) is 9.57. The zero-order chi connectivity index (χ0) is 19.4. The van der Waals surface area contributed by atoms with Crippen LogP contribution in [0, 0.1) is 0 Å². The molecule has 1 aromatic carbocycles. The van der Waals surface area contributed by atoms with E-state index in [1.54, 1.807) is 0 Å². The monoisotopic (exact) mass is 382 g/mol. The van der Waals surface area contributed by atoms with Crippen LogP contribution in [0.25, 0.3) is 0 Å². The van der Waals surface area contributed by atoms with Crippen molar-refractivity contribution in [3.05, 3.63) is 35.4 Å². The van der Waals surface area contributed by atoms with Crippen LogP contribution in [0.15, 0.2) is 24.3 Å². The van der Waals surface area contributed by atoms with Crippen LogP contribution in [0.5, 0.6) is 0 Å². The van der Waals surface area contributed by atoms with E-state index in [1.807, 2.05) is 0 Å². The first-order valence-electron chi connectivity index (χ1n) is 9.59. The molecular weight excluding hydrogens is 342 g/mol. The van der Waals surface area contributed by atoms with E-state index in [0.717, 1.165) is 6.61 Å². The van der Waals surface area contributed by atoms with Crippen LogP contribution in [0.1, 0.15) is 80.4 Å². The van der Waals surface area contributed by atoms with Gasteiger partial charge in [0, 0.05) is 8.15 Å². The van der Waals surface area contributed by atoms with Crippen molar-refractivity contribution in [3.8, 4) is 0 Å². The summed E-state index contributed by atoms with van der Waals surface area (Å²) in [5.74, 6) is 0. The average Bonchev–Trinajstić information content (AvgIpc) is 2.42. The summed E-state index contributed by atoms with van der Waals surface area (Å²) in [5, 5.41) is 0.730. The molecule has 1 rings (SSSR count). The standard InChI is InChI=1S/C22H40OP2/c1-17(2)25(18(3)4)23-15-19-12-11-13-20(14-19)16-24(21(5,6)7)22(8,9)10/h11-14,17-18H,15-16H2,1-10H3. The fraction of sp³-hybridized carbons (Fsp3) is 0.727. The molecule has 0 saturated carbocycles. The third-order valence-corrected chi connectivity index (χ3v) is 10.7. The summed E-state index contributed by atoms with van der Waals surface area (Å²) in [4.78, 5) is 0. The highest BCUT2D eigenvalue weighted by molar-refractivity contribution is 7.60. The molecule has 0 aromatic heterocycles. The smallest absolute Gasteiger partial charge is 0.0760 e. The molecular formula is C22H40OP2. The summed E-state index contributed by atoms with van der Waals surface area (Å²) in [5.41, 5.74) is 4.03. The van der Waals surface area contributed by atoms with Crippen LogP contribution in [-0.2, 0) is 17.3 Å². The maximum Gasteiger partial charge on any atom is 0.0760 e. The van der Waals surface area contributed by atoms with Crippen molar-refractivity contribution in [2.24, 2.45) is 0 Å². The van der Waals surface area contributed by atoms with E-state index in [9.17, 15) is 0 Å². The Morgan fingerprint density at radius 2 is 1.32 bits per heavy atom. The predicted molar refractivity (Wildman–Crippen MR) is 119 cm³/mol. The Morgan fingerprint density at radius 1 is 0.840 bits per heavy atom. The molecule has 0 unspecified atom stereocenters. The molecule has 25 heavy (non-hydrogen) atoms. The molecule has 0 aliphatic rings. The second kappa shape index (κ2) is 9.30. The van der Waals surface area contributed by atoms with Crippen molar-refractivity contribution >= 4 is 16.1 Å². The van der Waals surface area contributed by atoms with Crippen LogP contribution >= 0.6 is 16.1 Å². The second-order valence-corrected chi connectivity index (χ2v) is 16.5. The van der Waals surface area contributed by atoms with Crippen LogP contribution in [0.4, 0.5) is 0 Å². The van der Waals surface area contributed by atoms with Crippen molar-refractivity contribution in [2.75, 3.05) is 0 Å². The van der Waals surface area contributed by atoms with Gasteiger partial charge < -0.3 is 4.52 Å². The van der Waals surface area contributed by atoms with E-state index in [0.29, 0.717) is 21.6 Å². The first kappa shape index (κ1) is 23.1. The van der Waals surface area contributed by atoms with Crippen molar-refractivity contribution in [3.63, 3.8) is 0 Å². The number of benzene rings is 1. The molecule has 1 nitrogen and oxygen atoms in total. The molecule has 3 heteroatoms. The van der Waals surface area contributed by atoms with Gasteiger partial charge in [-0.05, 0) is 38.9 Å².